The molecule has 0 amide bonds. The van der Waals surface area contributed by atoms with Crippen LogP contribution in [0.4, 0.5) is 11.5 Å². The smallest absolute Gasteiger partial charge is 0.124 e. The maximum Gasteiger partial charge on any atom is 0.124 e. The minimum Gasteiger partial charge on any atom is -0.397 e. The molecule has 0 radical (unpaired) electrons. The molecule has 2 rings (SSSR count). The predicted octanol–water partition coefficient (Wildman–Crippen LogP) is 1.37. The number of rotatable bonds is 2. The maximum absolute atomic E-state index is 8.08. The number of aromatic nitrogens is 2. The average molecular weight is 227 g/mol. The summed E-state index contributed by atoms with van der Waals surface area (Å²) in [5.41, 5.74) is 14.0. The largest absolute Gasteiger partial charge is 0.397 e. The molecule has 0 atom stereocenters. The Morgan fingerprint density at radius 2 is 2.06 bits per heavy atom. The lowest BCUT2D eigenvalue weighted by molar-refractivity contribution is 1.19. The van der Waals surface area contributed by atoms with E-state index in [9.17, 15) is 0 Å². The first-order valence-electron chi connectivity index (χ1n) is 5.12. The van der Waals surface area contributed by atoms with Gasteiger partial charge in [-0.1, -0.05) is 6.07 Å². The number of aryl methyl sites for hydroxylation is 1. The maximum atomic E-state index is 8.08. The Kier molecular flexibility index (Phi) is 2.74. The Hall–Kier alpha value is -2.43. The summed E-state index contributed by atoms with van der Waals surface area (Å²) in [6.07, 6.45) is 1.55. The van der Waals surface area contributed by atoms with Crippen LogP contribution >= 0.6 is 0 Å². The van der Waals surface area contributed by atoms with E-state index in [1.54, 1.807) is 30.5 Å². The fourth-order valence-electron chi connectivity index (χ4n) is 1.52. The standard InChI is InChI=1S/C12H13N5/c1-7-5-8(9(13)6-16-7)12(15)10-3-2-4-11(14)17-10/h2-6,15H,13H2,1H3,(H2,14,17). The van der Waals surface area contributed by atoms with Gasteiger partial charge < -0.3 is 11.5 Å². The van der Waals surface area contributed by atoms with Crippen molar-refractivity contribution in [3.05, 3.63) is 47.4 Å². The lowest BCUT2D eigenvalue weighted by Crippen LogP contribution is -2.09. The Bertz CT molecular complexity index is 577. The predicted molar refractivity (Wildman–Crippen MR) is 68.0 cm³/mol. The Morgan fingerprint density at radius 3 is 2.76 bits per heavy atom. The third-order valence-corrected chi connectivity index (χ3v) is 2.37. The second-order valence-corrected chi connectivity index (χ2v) is 3.74. The van der Waals surface area contributed by atoms with Crippen molar-refractivity contribution < 1.29 is 0 Å². The zero-order valence-electron chi connectivity index (χ0n) is 9.44. The summed E-state index contributed by atoms with van der Waals surface area (Å²) >= 11 is 0. The molecule has 17 heavy (non-hydrogen) atoms. The molecule has 0 aliphatic carbocycles. The molecule has 0 aromatic carbocycles. The van der Waals surface area contributed by atoms with Gasteiger partial charge in [0, 0.05) is 11.3 Å². The Balaban J connectivity index is 2.47. The normalized spacial score (nSPS) is 10.2. The summed E-state index contributed by atoms with van der Waals surface area (Å²) in [7, 11) is 0. The summed E-state index contributed by atoms with van der Waals surface area (Å²) in [6, 6.07) is 6.94. The monoisotopic (exact) mass is 227 g/mol. The lowest BCUT2D eigenvalue weighted by Gasteiger charge is -2.08. The number of anilines is 2. The van der Waals surface area contributed by atoms with E-state index in [2.05, 4.69) is 9.97 Å². The molecule has 5 heteroatoms. The van der Waals surface area contributed by atoms with Gasteiger partial charge >= 0.3 is 0 Å². The van der Waals surface area contributed by atoms with Crippen LogP contribution in [-0.4, -0.2) is 15.7 Å². The van der Waals surface area contributed by atoms with Crippen LogP contribution in [0, 0.1) is 12.3 Å². The summed E-state index contributed by atoms with van der Waals surface area (Å²) in [5.74, 6) is 0.386. The van der Waals surface area contributed by atoms with Gasteiger partial charge in [0.25, 0.3) is 0 Å². The number of nitrogens with one attached hydrogen (secondary N) is 1. The lowest BCUT2D eigenvalue weighted by atomic mass is 10.1. The fourth-order valence-corrected chi connectivity index (χ4v) is 1.52. The summed E-state index contributed by atoms with van der Waals surface area (Å²) < 4.78 is 0. The highest BCUT2D eigenvalue weighted by Gasteiger charge is 2.10. The molecular weight excluding hydrogens is 214 g/mol. The number of nitrogens with zero attached hydrogens (tertiary/aromatic N) is 2. The van der Waals surface area contributed by atoms with E-state index in [-0.39, 0.29) is 5.71 Å². The van der Waals surface area contributed by atoms with Crippen molar-refractivity contribution >= 4 is 17.2 Å². The van der Waals surface area contributed by atoms with Crippen molar-refractivity contribution in [3.63, 3.8) is 0 Å². The van der Waals surface area contributed by atoms with E-state index in [0.29, 0.717) is 22.8 Å². The molecule has 0 aliphatic rings. The van der Waals surface area contributed by atoms with Crippen LogP contribution in [0.25, 0.3) is 0 Å². The third kappa shape index (κ3) is 2.23. The van der Waals surface area contributed by atoms with Crippen LogP contribution in [0.1, 0.15) is 17.0 Å². The molecule has 5 N–H and O–H groups in total. The van der Waals surface area contributed by atoms with Gasteiger partial charge in [-0.15, -0.1) is 0 Å². The van der Waals surface area contributed by atoms with Crippen molar-refractivity contribution in [2.45, 2.75) is 6.92 Å². The van der Waals surface area contributed by atoms with Gasteiger partial charge in [-0.2, -0.15) is 0 Å². The highest BCUT2D eigenvalue weighted by Crippen LogP contribution is 2.16. The minimum atomic E-state index is 0.250. The summed E-state index contributed by atoms with van der Waals surface area (Å²) in [5, 5.41) is 8.08. The molecule has 0 spiro atoms. The highest BCUT2D eigenvalue weighted by atomic mass is 14.8. The zero-order chi connectivity index (χ0) is 12.4. The van der Waals surface area contributed by atoms with E-state index in [1.165, 1.54) is 0 Å². The van der Waals surface area contributed by atoms with Crippen molar-refractivity contribution in [2.75, 3.05) is 11.5 Å². The molecule has 0 fully saturated rings. The first-order chi connectivity index (χ1) is 8.08. The molecule has 0 bridgehead atoms. The van der Waals surface area contributed by atoms with Crippen LogP contribution < -0.4 is 11.5 Å². The van der Waals surface area contributed by atoms with E-state index in [1.807, 2.05) is 6.92 Å². The molecule has 2 heterocycles. The van der Waals surface area contributed by atoms with Crippen molar-refractivity contribution in [1.82, 2.24) is 9.97 Å². The van der Waals surface area contributed by atoms with Gasteiger partial charge in [0.15, 0.2) is 0 Å². The molecular formula is C12H13N5. The van der Waals surface area contributed by atoms with Crippen LogP contribution in [0.5, 0.6) is 0 Å². The second-order valence-electron chi connectivity index (χ2n) is 3.74. The molecule has 5 nitrogen and oxygen atoms in total. The van der Waals surface area contributed by atoms with Crippen molar-refractivity contribution in [3.8, 4) is 0 Å². The van der Waals surface area contributed by atoms with E-state index in [4.69, 9.17) is 16.9 Å². The first-order valence-corrected chi connectivity index (χ1v) is 5.12. The van der Waals surface area contributed by atoms with Gasteiger partial charge in [0.2, 0.25) is 0 Å². The molecule has 0 unspecified atom stereocenters. The molecule has 0 aliphatic heterocycles. The van der Waals surface area contributed by atoms with Gasteiger partial charge in [-0.05, 0) is 25.1 Å². The number of nitrogen functional groups attached to an aromatic ring is 2. The Morgan fingerprint density at radius 1 is 1.29 bits per heavy atom. The fraction of sp³-hybridized carbons (Fsp3) is 0.0833. The topological polar surface area (TPSA) is 102 Å². The van der Waals surface area contributed by atoms with Crippen LogP contribution in [0.15, 0.2) is 30.5 Å². The van der Waals surface area contributed by atoms with Gasteiger partial charge in [-0.25, -0.2) is 4.98 Å². The van der Waals surface area contributed by atoms with Crippen molar-refractivity contribution in [2.24, 2.45) is 0 Å². The number of nitrogens with two attached hydrogens (primary N) is 2. The quantitative estimate of drug-likeness (QED) is 0.674. The number of pyridine rings is 2. The SMILES string of the molecule is Cc1cc(C(=N)c2cccc(N)n2)c(N)cn1. The minimum absolute atomic E-state index is 0.250. The van der Waals surface area contributed by atoms with Crippen LogP contribution in [0.3, 0.4) is 0 Å². The number of hydrogen-bond acceptors (Lipinski definition) is 5. The zero-order valence-corrected chi connectivity index (χ0v) is 9.44. The highest BCUT2D eigenvalue weighted by molar-refractivity contribution is 6.12. The first kappa shape index (κ1) is 11.1. The van der Waals surface area contributed by atoms with Gasteiger partial charge in [0.1, 0.15) is 5.82 Å². The number of hydrogen-bond donors (Lipinski definition) is 3. The van der Waals surface area contributed by atoms with Gasteiger partial charge in [-0.3, -0.25) is 10.4 Å². The van der Waals surface area contributed by atoms with E-state index in [0.717, 1.165) is 5.69 Å². The summed E-state index contributed by atoms with van der Waals surface area (Å²) in [6.45, 7) is 1.85. The summed E-state index contributed by atoms with van der Waals surface area (Å²) in [4.78, 5) is 8.16. The Labute approximate surface area is 99.0 Å². The average Bonchev–Trinajstić information content (AvgIpc) is 2.31. The van der Waals surface area contributed by atoms with E-state index >= 15 is 0 Å². The van der Waals surface area contributed by atoms with Gasteiger partial charge in [0.05, 0.1) is 23.3 Å². The van der Waals surface area contributed by atoms with Crippen LogP contribution in [-0.2, 0) is 0 Å². The van der Waals surface area contributed by atoms with Crippen LogP contribution in [0.2, 0.25) is 0 Å². The molecule has 0 saturated carbocycles. The molecule has 0 saturated heterocycles. The molecule has 2 aromatic rings. The van der Waals surface area contributed by atoms with Crippen molar-refractivity contribution in [1.29, 1.82) is 5.41 Å². The third-order valence-electron chi connectivity index (χ3n) is 2.37. The second kappa shape index (κ2) is 4.21. The molecule has 86 valence electrons. The molecule has 2 aromatic heterocycles. The van der Waals surface area contributed by atoms with E-state index < -0.39 is 0 Å².